The van der Waals surface area contributed by atoms with Gasteiger partial charge in [0.15, 0.2) is 6.07 Å². The zero-order chi connectivity index (χ0) is 11.5. The van der Waals surface area contributed by atoms with E-state index < -0.39 is 11.7 Å². The molecule has 1 aromatic carbocycles. The van der Waals surface area contributed by atoms with Crippen molar-refractivity contribution >= 4 is 0 Å². The van der Waals surface area contributed by atoms with E-state index in [0.717, 1.165) is 12.1 Å². The Morgan fingerprint density at radius 1 is 1.27 bits per heavy atom. The first-order valence-electron chi connectivity index (χ1n) is 4.03. The van der Waals surface area contributed by atoms with Gasteiger partial charge < -0.3 is 0 Å². The van der Waals surface area contributed by atoms with Crippen molar-refractivity contribution in [3.05, 3.63) is 34.9 Å². The minimum Gasteiger partial charge on any atom is -0.183 e. The highest BCUT2D eigenvalue weighted by Gasteiger charge is 2.30. The van der Waals surface area contributed by atoms with Gasteiger partial charge in [-0.3, -0.25) is 0 Å². The SMILES string of the molecule is Cc1cc(C(F)(F)F)ccc1C#CC#N. The standard InChI is InChI=1S/C11H6F3N/c1-8-7-10(11(12,13)14)5-4-9(8)3-2-6-15/h4-5,7H,1H3. The molecule has 0 aliphatic heterocycles. The summed E-state index contributed by atoms with van der Waals surface area (Å²) < 4.78 is 36.8. The van der Waals surface area contributed by atoms with Gasteiger partial charge >= 0.3 is 6.18 Å². The van der Waals surface area contributed by atoms with Crippen LogP contribution in [0.1, 0.15) is 16.7 Å². The van der Waals surface area contributed by atoms with E-state index in [1.807, 2.05) is 0 Å². The first kappa shape index (κ1) is 11.1. The topological polar surface area (TPSA) is 23.8 Å². The van der Waals surface area contributed by atoms with Crippen molar-refractivity contribution in [2.24, 2.45) is 0 Å². The Bertz CT molecular complexity index is 469. The molecule has 15 heavy (non-hydrogen) atoms. The normalized spacial score (nSPS) is 10.1. The molecule has 0 radical (unpaired) electrons. The van der Waals surface area contributed by atoms with E-state index >= 15 is 0 Å². The fourth-order valence-electron chi connectivity index (χ4n) is 1.08. The van der Waals surface area contributed by atoms with Crippen molar-refractivity contribution in [2.75, 3.05) is 0 Å². The molecule has 0 aliphatic carbocycles. The van der Waals surface area contributed by atoms with Crippen molar-refractivity contribution in [1.29, 1.82) is 5.26 Å². The number of hydrogen-bond donors (Lipinski definition) is 0. The van der Waals surface area contributed by atoms with Gasteiger partial charge in [0.05, 0.1) is 5.56 Å². The van der Waals surface area contributed by atoms with Crippen molar-refractivity contribution in [1.82, 2.24) is 0 Å². The number of nitrogens with zero attached hydrogens (tertiary/aromatic N) is 1. The van der Waals surface area contributed by atoms with Gasteiger partial charge in [0.1, 0.15) is 0 Å². The van der Waals surface area contributed by atoms with Crippen LogP contribution in [0.25, 0.3) is 0 Å². The smallest absolute Gasteiger partial charge is 0.183 e. The zero-order valence-corrected chi connectivity index (χ0v) is 7.81. The van der Waals surface area contributed by atoms with E-state index in [-0.39, 0.29) is 0 Å². The molecule has 0 fully saturated rings. The molecule has 0 aliphatic rings. The van der Waals surface area contributed by atoms with Crippen LogP contribution in [0.4, 0.5) is 13.2 Å². The number of aryl methyl sites for hydroxylation is 1. The first-order valence-corrected chi connectivity index (χ1v) is 4.03. The van der Waals surface area contributed by atoms with E-state index in [1.54, 1.807) is 6.07 Å². The maximum atomic E-state index is 12.3. The average molecular weight is 209 g/mol. The van der Waals surface area contributed by atoms with Crippen LogP contribution in [0.5, 0.6) is 0 Å². The van der Waals surface area contributed by atoms with E-state index in [2.05, 4.69) is 11.8 Å². The van der Waals surface area contributed by atoms with Gasteiger partial charge in [-0.05, 0) is 30.7 Å². The average Bonchev–Trinajstić information content (AvgIpc) is 2.14. The summed E-state index contributed by atoms with van der Waals surface area (Å²) in [6, 6.07) is 4.84. The van der Waals surface area contributed by atoms with Crippen LogP contribution in [-0.4, -0.2) is 0 Å². The van der Waals surface area contributed by atoms with Gasteiger partial charge in [0.25, 0.3) is 0 Å². The third-order valence-electron chi connectivity index (χ3n) is 1.81. The van der Waals surface area contributed by atoms with Crippen LogP contribution >= 0.6 is 0 Å². The Kier molecular flexibility index (Phi) is 3.01. The predicted octanol–water partition coefficient (Wildman–Crippen LogP) is 2.89. The molecule has 76 valence electrons. The van der Waals surface area contributed by atoms with Gasteiger partial charge in [-0.2, -0.15) is 18.4 Å². The number of rotatable bonds is 0. The summed E-state index contributed by atoms with van der Waals surface area (Å²) in [5, 5.41) is 8.20. The van der Waals surface area contributed by atoms with E-state index in [4.69, 9.17) is 5.26 Å². The largest absolute Gasteiger partial charge is 0.416 e. The molecule has 4 heteroatoms. The third kappa shape index (κ3) is 2.75. The molecule has 0 atom stereocenters. The van der Waals surface area contributed by atoms with Gasteiger partial charge in [-0.25, -0.2) is 0 Å². The summed E-state index contributed by atoms with van der Waals surface area (Å²) in [5.74, 6) is 4.60. The summed E-state index contributed by atoms with van der Waals surface area (Å²) in [4.78, 5) is 0. The molecule has 0 unspecified atom stereocenters. The Balaban J connectivity index is 3.16. The molecule has 0 aromatic heterocycles. The van der Waals surface area contributed by atoms with E-state index in [0.29, 0.717) is 11.1 Å². The minimum atomic E-state index is -4.34. The summed E-state index contributed by atoms with van der Waals surface area (Å²) >= 11 is 0. The van der Waals surface area contributed by atoms with Crippen molar-refractivity contribution in [2.45, 2.75) is 13.1 Å². The van der Waals surface area contributed by atoms with E-state index in [1.165, 1.54) is 13.0 Å². The van der Waals surface area contributed by atoms with Gasteiger partial charge in [-0.1, -0.05) is 5.92 Å². The van der Waals surface area contributed by atoms with Crippen LogP contribution in [-0.2, 0) is 6.18 Å². The fourth-order valence-corrected chi connectivity index (χ4v) is 1.08. The van der Waals surface area contributed by atoms with Crippen molar-refractivity contribution in [3.63, 3.8) is 0 Å². The molecule has 0 saturated carbocycles. The fraction of sp³-hybridized carbons (Fsp3) is 0.182. The van der Waals surface area contributed by atoms with Crippen LogP contribution < -0.4 is 0 Å². The lowest BCUT2D eigenvalue weighted by Gasteiger charge is -2.07. The molecule has 0 spiro atoms. The second kappa shape index (κ2) is 4.06. The van der Waals surface area contributed by atoms with Gasteiger partial charge in [0.2, 0.25) is 0 Å². The lowest BCUT2D eigenvalue weighted by Crippen LogP contribution is -2.05. The molecular formula is C11H6F3N. The monoisotopic (exact) mass is 209 g/mol. The van der Waals surface area contributed by atoms with Crippen LogP contribution in [0.2, 0.25) is 0 Å². The quantitative estimate of drug-likeness (QED) is 0.602. The Labute approximate surface area is 85.1 Å². The second-order valence-electron chi connectivity index (χ2n) is 2.89. The highest BCUT2D eigenvalue weighted by Crippen LogP contribution is 2.30. The predicted molar refractivity (Wildman–Crippen MR) is 48.7 cm³/mol. The number of nitriles is 1. The lowest BCUT2D eigenvalue weighted by atomic mass is 10.1. The Hall–Kier alpha value is -1.94. The van der Waals surface area contributed by atoms with Crippen LogP contribution in [0.15, 0.2) is 18.2 Å². The Morgan fingerprint density at radius 3 is 2.40 bits per heavy atom. The van der Waals surface area contributed by atoms with Gasteiger partial charge in [-0.15, -0.1) is 0 Å². The van der Waals surface area contributed by atoms with Crippen LogP contribution in [0.3, 0.4) is 0 Å². The Morgan fingerprint density at radius 2 is 1.93 bits per heavy atom. The van der Waals surface area contributed by atoms with Gasteiger partial charge in [0, 0.05) is 11.5 Å². The molecule has 1 nitrogen and oxygen atoms in total. The summed E-state index contributed by atoms with van der Waals surface area (Å²) in [5.41, 5.74) is 0.139. The molecule has 1 aromatic rings. The number of alkyl halides is 3. The third-order valence-corrected chi connectivity index (χ3v) is 1.81. The lowest BCUT2D eigenvalue weighted by molar-refractivity contribution is -0.137. The highest BCUT2D eigenvalue weighted by atomic mass is 19.4. The van der Waals surface area contributed by atoms with Crippen molar-refractivity contribution < 1.29 is 13.2 Å². The summed E-state index contributed by atoms with van der Waals surface area (Å²) in [6.45, 7) is 1.52. The van der Waals surface area contributed by atoms with Crippen molar-refractivity contribution in [3.8, 4) is 17.9 Å². The number of benzene rings is 1. The maximum Gasteiger partial charge on any atom is 0.416 e. The molecule has 0 amide bonds. The molecular weight excluding hydrogens is 203 g/mol. The first-order chi connectivity index (χ1) is 6.95. The summed E-state index contributed by atoms with van der Waals surface area (Å²) in [7, 11) is 0. The summed E-state index contributed by atoms with van der Waals surface area (Å²) in [6.07, 6.45) is -4.34. The molecule has 1 rings (SSSR count). The molecule has 0 saturated heterocycles. The molecule has 0 N–H and O–H groups in total. The van der Waals surface area contributed by atoms with Crippen LogP contribution in [0, 0.1) is 30.1 Å². The van der Waals surface area contributed by atoms with E-state index in [9.17, 15) is 13.2 Å². The minimum absolute atomic E-state index is 0.410. The molecule has 0 heterocycles. The second-order valence-corrected chi connectivity index (χ2v) is 2.89. The maximum absolute atomic E-state index is 12.3. The molecule has 0 bridgehead atoms. The number of hydrogen-bond acceptors (Lipinski definition) is 1. The number of halogens is 3. The highest BCUT2D eigenvalue weighted by molar-refractivity contribution is 5.45. The zero-order valence-electron chi connectivity index (χ0n) is 7.81.